The minimum atomic E-state index is 0.324. The number of aromatic nitrogens is 3. The van der Waals surface area contributed by atoms with Crippen molar-refractivity contribution in [3.8, 4) is 21.1 Å². The largest absolute Gasteiger partial charge is 0.337 e. The molecular weight excluding hydrogens is 390 g/mol. The lowest BCUT2D eigenvalue weighted by atomic mass is 10.0. The third-order valence-electron chi connectivity index (χ3n) is 5.82. The van der Waals surface area contributed by atoms with Crippen LogP contribution in [0.4, 0.5) is 5.95 Å². The quantitative estimate of drug-likeness (QED) is 0.505. The highest BCUT2D eigenvalue weighted by molar-refractivity contribution is 7.18. The predicted molar refractivity (Wildman–Crippen MR) is 125 cm³/mol. The van der Waals surface area contributed by atoms with Crippen LogP contribution >= 0.6 is 11.3 Å². The highest BCUT2D eigenvalue weighted by Gasteiger charge is 2.24. The Kier molecular flexibility index (Phi) is 5.19. The van der Waals surface area contributed by atoms with Crippen LogP contribution in [0.1, 0.15) is 25.0 Å². The molecule has 1 aliphatic heterocycles. The molecule has 5 rings (SSSR count). The molecule has 1 fully saturated rings. The van der Waals surface area contributed by atoms with Gasteiger partial charge in [0.1, 0.15) is 5.01 Å². The Morgan fingerprint density at radius 2 is 1.93 bits per heavy atom. The average molecular weight is 416 g/mol. The fourth-order valence-corrected chi connectivity index (χ4v) is 5.23. The Balaban J connectivity index is 1.50. The van der Waals surface area contributed by atoms with Gasteiger partial charge in [0.25, 0.3) is 0 Å². The third-order valence-corrected chi connectivity index (χ3v) is 7.05. The number of hydrogen-bond donors (Lipinski definition) is 1. The number of anilines is 1. The smallest absolute Gasteiger partial charge is 0.226 e. The first-order valence-electron chi connectivity index (χ1n) is 10.5. The van der Waals surface area contributed by atoms with E-state index in [1.165, 1.54) is 17.2 Å². The number of aryl methyl sites for hydroxylation is 1. The SMILES string of the molecule is Cc1nc(-c2ccc3ccccc3c2)sc1-c1ccnc(N2CCCCC2CN)n1. The van der Waals surface area contributed by atoms with Gasteiger partial charge in [0.15, 0.2) is 0 Å². The molecule has 2 aromatic carbocycles. The van der Waals surface area contributed by atoms with E-state index < -0.39 is 0 Å². The lowest BCUT2D eigenvalue weighted by Crippen LogP contribution is -2.45. The van der Waals surface area contributed by atoms with E-state index in [0.717, 1.165) is 52.2 Å². The Labute approximate surface area is 180 Å². The van der Waals surface area contributed by atoms with Crippen LogP contribution in [0.2, 0.25) is 0 Å². The molecule has 1 saturated heterocycles. The number of hydrogen-bond acceptors (Lipinski definition) is 6. The Morgan fingerprint density at radius 3 is 2.80 bits per heavy atom. The van der Waals surface area contributed by atoms with Gasteiger partial charge in [-0.1, -0.05) is 36.4 Å². The second-order valence-corrected chi connectivity index (χ2v) is 8.82. The minimum absolute atomic E-state index is 0.324. The molecule has 0 saturated carbocycles. The normalized spacial score (nSPS) is 16.9. The fourth-order valence-electron chi connectivity index (χ4n) is 4.20. The van der Waals surface area contributed by atoms with E-state index in [1.807, 2.05) is 12.3 Å². The maximum Gasteiger partial charge on any atom is 0.226 e. The first-order chi connectivity index (χ1) is 14.7. The van der Waals surface area contributed by atoms with Crippen LogP contribution in [0.15, 0.2) is 54.7 Å². The number of nitrogens with zero attached hydrogens (tertiary/aromatic N) is 4. The van der Waals surface area contributed by atoms with Crippen LogP contribution in [0, 0.1) is 6.92 Å². The van der Waals surface area contributed by atoms with E-state index >= 15 is 0 Å². The van der Waals surface area contributed by atoms with E-state index in [-0.39, 0.29) is 0 Å². The first kappa shape index (κ1) is 19.2. The predicted octanol–water partition coefficient (Wildman–Crippen LogP) is 5.05. The summed E-state index contributed by atoms with van der Waals surface area (Å²) in [5.41, 5.74) is 9.08. The first-order valence-corrected chi connectivity index (χ1v) is 11.3. The summed E-state index contributed by atoms with van der Waals surface area (Å²) in [5, 5.41) is 3.49. The van der Waals surface area contributed by atoms with E-state index in [1.54, 1.807) is 11.3 Å². The van der Waals surface area contributed by atoms with Crippen molar-refractivity contribution in [3.63, 3.8) is 0 Å². The summed E-state index contributed by atoms with van der Waals surface area (Å²) >= 11 is 1.69. The van der Waals surface area contributed by atoms with Gasteiger partial charge < -0.3 is 10.6 Å². The molecule has 30 heavy (non-hydrogen) atoms. The zero-order chi connectivity index (χ0) is 20.5. The van der Waals surface area contributed by atoms with Gasteiger partial charge in [0.05, 0.1) is 16.3 Å². The maximum atomic E-state index is 6.01. The molecule has 0 aliphatic carbocycles. The van der Waals surface area contributed by atoms with Gasteiger partial charge in [-0.3, -0.25) is 0 Å². The second kappa shape index (κ2) is 8.13. The topological polar surface area (TPSA) is 67.9 Å². The number of nitrogens with two attached hydrogens (primary N) is 1. The van der Waals surface area contributed by atoms with Crippen molar-refractivity contribution in [1.82, 2.24) is 15.0 Å². The third kappa shape index (κ3) is 3.57. The number of rotatable bonds is 4. The lowest BCUT2D eigenvalue weighted by Gasteiger charge is -2.35. The molecule has 5 nitrogen and oxygen atoms in total. The zero-order valence-corrected chi connectivity index (χ0v) is 17.9. The molecule has 0 bridgehead atoms. The van der Waals surface area contributed by atoms with Crippen molar-refractivity contribution in [2.24, 2.45) is 5.73 Å². The maximum absolute atomic E-state index is 6.01. The van der Waals surface area contributed by atoms with Gasteiger partial charge in [0.2, 0.25) is 5.95 Å². The summed E-state index contributed by atoms with van der Waals surface area (Å²) in [6.07, 6.45) is 5.35. The molecule has 4 aromatic rings. The molecule has 0 radical (unpaired) electrons. The van der Waals surface area contributed by atoms with Gasteiger partial charge >= 0.3 is 0 Å². The highest BCUT2D eigenvalue weighted by Crippen LogP contribution is 2.36. The second-order valence-electron chi connectivity index (χ2n) is 7.82. The van der Waals surface area contributed by atoms with E-state index in [4.69, 9.17) is 15.7 Å². The van der Waals surface area contributed by atoms with Gasteiger partial charge in [0, 0.05) is 30.9 Å². The molecule has 1 atom stereocenters. The van der Waals surface area contributed by atoms with Gasteiger partial charge in [-0.25, -0.2) is 15.0 Å². The summed E-state index contributed by atoms with van der Waals surface area (Å²) in [4.78, 5) is 17.7. The summed E-state index contributed by atoms with van der Waals surface area (Å²) in [7, 11) is 0. The monoisotopic (exact) mass is 415 g/mol. The summed E-state index contributed by atoms with van der Waals surface area (Å²) in [5.74, 6) is 0.780. The van der Waals surface area contributed by atoms with Crippen LogP contribution in [-0.4, -0.2) is 34.1 Å². The Bertz CT molecular complexity index is 1190. The standard InChI is InChI=1S/C24H25N5S/c1-16-22(21-11-12-26-24(28-21)29-13-5-4-8-20(29)15-25)30-23(27-16)19-10-9-17-6-2-3-7-18(17)14-19/h2-3,6-7,9-12,14,20H,4-5,8,13,15,25H2,1H3. The molecule has 2 aromatic heterocycles. The Morgan fingerprint density at radius 1 is 1.07 bits per heavy atom. The van der Waals surface area contributed by atoms with Crippen LogP contribution in [0.3, 0.4) is 0 Å². The average Bonchev–Trinajstić information content (AvgIpc) is 3.20. The van der Waals surface area contributed by atoms with Crippen molar-refractivity contribution in [2.75, 3.05) is 18.0 Å². The van der Waals surface area contributed by atoms with Gasteiger partial charge in [-0.2, -0.15) is 0 Å². The fraction of sp³-hybridized carbons (Fsp3) is 0.292. The highest BCUT2D eigenvalue weighted by atomic mass is 32.1. The molecule has 6 heteroatoms. The summed E-state index contributed by atoms with van der Waals surface area (Å²) in [6, 6.07) is 17.2. The zero-order valence-electron chi connectivity index (χ0n) is 17.1. The molecule has 0 amide bonds. The van der Waals surface area contributed by atoms with Gasteiger partial charge in [-0.15, -0.1) is 11.3 Å². The van der Waals surface area contributed by atoms with Crippen molar-refractivity contribution in [3.05, 3.63) is 60.4 Å². The number of fused-ring (bicyclic) bond motifs is 1. The Hall–Kier alpha value is -2.83. The van der Waals surface area contributed by atoms with Crippen LogP contribution in [-0.2, 0) is 0 Å². The number of piperidine rings is 1. The van der Waals surface area contributed by atoms with Crippen molar-refractivity contribution >= 4 is 28.1 Å². The van der Waals surface area contributed by atoms with E-state index in [2.05, 4.69) is 59.3 Å². The molecule has 1 unspecified atom stereocenters. The van der Waals surface area contributed by atoms with E-state index in [9.17, 15) is 0 Å². The van der Waals surface area contributed by atoms with Crippen molar-refractivity contribution in [1.29, 1.82) is 0 Å². The van der Waals surface area contributed by atoms with E-state index in [0.29, 0.717) is 12.6 Å². The summed E-state index contributed by atoms with van der Waals surface area (Å²) < 4.78 is 0. The van der Waals surface area contributed by atoms with Crippen LogP contribution in [0.25, 0.3) is 31.9 Å². The molecule has 0 spiro atoms. The number of benzene rings is 2. The van der Waals surface area contributed by atoms with Crippen molar-refractivity contribution < 1.29 is 0 Å². The molecule has 2 N–H and O–H groups in total. The molecule has 3 heterocycles. The van der Waals surface area contributed by atoms with Crippen molar-refractivity contribution in [2.45, 2.75) is 32.2 Å². The molecular formula is C24H25N5S. The molecule has 152 valence electrons. The van der Waals surface area contributed by atoms with Crippen LogP contribution in [0.5, 0.6) is 0 Å². The van der Waals surface area contributed by atoms with Gasteiger partial charge in [-0.05, 0) is 49.1 Å². The summed E-state index contributed by atoms with van der Waals surface area (Å²) in [6.45, 7) is 3.66. The lowest BCUT2D eigenvalue weighted by molar-refractivity contribution is 0.458. The van der Waals surface area contributed by atoms with Crippen LogP contribution < -0.4 is 10.6 Å². The minimum Gasteiger partial charge on any atom is -0.337 e. The molecule has 1 aliphatic rings. The number of thiazole rings is 1.